The SMILES string of the molecule is CN=C(NCC(=O)NC1CCCCC1)NCc1ccc(F)cc1. The zero-order chi connectivity index (χ0) is 16.5. The Bertz CT molecular complexity index is 524. The van der Waals surface area contributed by atoms with Crippen LogP contribution in [0.5, 0.6) is 0 Å². The minimum absolute atomic E-state index is 0.0124. The average molecular weight is 320 g/mol. The van der Waals surface area contributed by atoms with Crippen molar-refractivity contribution in [2.45, 2.75) is 44.7 Å². The third kappa shape index (κ3) is 6.26. The molecule has 1 aliphatic rings. The number of guanidine groups is 1. The summed E-state index contributed by atoms with van der Waals surface area (Å²) in [6.07, 6.45) is 5.80. The molecule has 6 heteroatoms. The molecule has 0 aromatic heterocycles. The lowest BCUT2D eigenvalue weighted by molar-refractivity contribution is -0.120. The highest BCUT2D eigenvalue weighted by molar-refractivity contribution is 5.86. The van der Waals surface area contributed by atoms with Crippen molar-refractivity contribution in [2.24, 2.45) is 4.99 Å². The largest absolute Gasteiger partial charge is 0.352 e. The first-order chi connectivity index (χ1) is 11.2. The Labute approximate surface area is 136 Å². The van der Waals surface area contributed by atoms with E-state index < -0.39 is 0 Å². The standard InChI is InChI=1S/C17H25FN4O/c1-19-17(20-11-13-7-9-14(18)10-8-13)21-12-16(23)22-15-5-3-2-4-6-15/h7-10,15H,2-6,11-12H2,1H3,(H,22,23)(H2,19,20,21). The van der Waals surface area contributed by atoms with Gasteiger partial charge in [-0.3, -0.25) is 9.79 Å². The van der Waals surface area contributed by atoms with E-state index in [1.54, 1.807) is 19.2 Å². The second kappa shape index (κ2) is 9.12. The molecule has 1 aromatic rings. The van der Waals surface area contributed by atoms with Crippen molar-refractivity contribution < 1.29 is 9.18 Å². The van der Waals surface area contributed by atoms with Gasteiger partial charge in [0.15, 0.2) is 5.96 Å². The predicted molar refractivity (Wildman–Crippen MR) is 89.6 cm³/mol. The number of carbonyl (C=O) groups is 1. The quantitative estimate of drug-likeness (QED) is 0.574. The van der Waals surface area contributed by atoms with Gasteiger partial charge in [-0.1, -0.05) is 31.4 Å². The molecule has 0 aliphatic heterocycles. The van der Waals surface area contributed by atoms with Crippen molar-refractivity contribution in [1.29, 1.82) is 0 Å². The zero-order valence-electron chi connectivity index (χ0n) is 13.6. The molecule has 0 heterocycles. The summed E-state index contributed by atoms with van der Waals surface area (Å²) in [5.41, 5.74) is 0.945. The topological polar surface area (TPSA) is 65.5 Å². The molecular weight excluding hydrogens is 295 g/mol. The van der Waals surface area contributed by atoms with Crippen molar-refractivity contribution in [2.75, 3.05) is 13.6 Å². The lowest BCUT2D eigenvalue weighted by Crippen LogP contribution is -2.45. The van der Waals surface area contributed by atoms with Gasteiger partial charge in [-0.05, 0) is 30.5 Å². The van der Waals surface area contributed by atoms with Gasteiger partial charge in [-0.25, -0.2) is 4.39 Å². The summed E-state index contributed by atoms with van der Waals surface area (Å²) in [6, 6.07) is 6.58. The number of carbonyl (C=O) groups excluding carboxylic acids is 1. The molecule has 0 unspecified atom stereocenters. The van der Waals surface area contributed by atoms with Gasteiger partial charge in [0.05, 0.1) is 6.54 Å². The number of hydrogen-bond donors (Lipinski definition) is 3. The van der Waals surface area contributed by atoms with E-state index in [0.717, 1.165) is 18.4 Å². The Balaban J connectivity index is 1.69. The van der Waals surface area contributed by atoms with Crippen LogP contribution in [0, 0.1) is 5.82 Å². The van der Waals surface area contributed by atoms with Gasteiger partial charge < -0.3 is 16.0 Å². The lowest BCUT2D eigenvalue weighted by Gasteiger charge is -2.23. The molecule has 0 saturated heterocycles. The summed E-state index contributed by atoms with van der Waals surface area (Å²) in [6.45, 7) is 0.712. The fraction of sp³-hybridized carbons (Fsp3) is 0.529. The number of rotatable bonds is 5. The van der Waals surface area contributed by atoms with Gasteiger partial charge in [0.25, 0.3) is 0 Å². The Morgan fingerprint density at radius 1 is 1.17 bits per heavy atom. The third-order valence-electron chi connectivity index (χ3n) is 3.98. The van der Waals surface area contributed by atoms with Crippen LogP contribution in [0.2, 0.25) is 0 Å². The molecule has 3 N–H and O–H groups in total. The molecule has 1 aromatic carbocycles. The minimum Gasteiger partial charge on any atom is -0.352 e. The van der Waals surface area contributed by atoms with Crippen LogP contribution < -0.4 is 16.0 Å². The van der Waals surface area contributed by atoms with E-state index in [1.165, 1.54) is 31.4 Å². The maximum atomic E-state index is 12.9. The number of halogens is 1. The first-order valence-corrected chi connectivity index (χ1v) is 8.15. The molecular formula is C17H25FN4O. The van der Waals surface area contributed by atoms with E-state index in [4.69, 9.17) is 0 Å². The summed E-state index contributed by atoms with van der Waals surface area (Å²) in [7, 11) is 1.65. The van der Waals surface area contributed by atoms with Gasteiger partial charge >= 0.3 is 0 Å². The molecule has 1 aliphatic carbocycles. The average Bonchev–Trinajstić information content (AvgIpc) is 2.57. The van der Waals surface area contributed by atoms with Crippen LogP contribution in [0.4, 0.5) is 4.39 Å². The van der Waals surface area contributed by atoms with E-state index in [-0.39, 0.29) is 18.3 Å². The van der Waals surface area contributed by atoms with Crippen LogP contribution >= 0.6 is 0 Å². The van der Waals surface area contributed by atoms with E-state index >= 15 is 0 Å². The molecule has 0 spiro atoms. The van der Waals surface area contributed by atoms with Crippen LogP contribution in [0.25, 0.3) is 0 Å². The summed E-state index contributed by atoms with van der Waals surface area (Å²) >= 11 is 0. The van der Waals surface area contributed by atoms with E-state index in [9.17, 15) is 9.18 Å². The van der Waals surface area contributed by atoms with Crippen LogP contribution in [-0.4, -0.2) is 31.5 Å². The first kappa shape index (κ1) is 17.2. The second-order valence-corrected chi connectivity index (χ2v) is 5.81. The molecule has 5 nitrogen and oxygen atoms in total. The smallest absolute Gasteiger partial charge is 0.239 e. The lowest BCUT2D eigenvalue weighted by atomic mass is 9.95. The molecule has 1 amide bonds. The highest BCUT2D eigenvalue weighted by atomic mass is 19.1. The maximum absolute atomic E-state index is 12.9. The van der Waals surface area contributed by atoms with E-state index in [0.29, 0.717) is 18.5 Å². The Morgan fingerprint density at radius 2 is 1.87 bits per heavy atom. The summed E-state index contributed by atoms with van der Waals surface area (Å²) in [5.74, 6) is 0.283. The highest BCUT2D eigenvalue weighted by Gasteiger charge is 2.15. The van der Waals surface area contributed by atoms with Crippen molar-refractivity contribution in [1.82, 2.24) is 16.0 Å². The number of hydrogen-bond acceptors (Lipinski definition) is 2. The van der Waals surface area contributed by atoms with Gasteiger partial charge in [0, 0.05) is 19.6 Å². The summed E-state index contributed by atoms with van der Waals surface area (Å²) in [4.78, 5) is 16.0. The predicted octanol–water partition coefficient (Wildman–Crippen LogP) is 1.94. The highest BCUT2D eigenvalue weighted by Crippen LogP contribution is 2.17. The molecule has 0 radical (unpaired) electrons. The number of nitrogens with one attached hydrogen (secondary N) is 3. The summed E-state index contributed by atoms with van der Waals surface area (Å²) in [5, 5.41) is 9.15. The molecule has 2 rings (SSSR count). The van der Waals surface area contributed by atoms with Crippen LogP contribution in [0.3, 0.4) is 0 Å². The van der Waals surface area contributed by atoms with Crippen LogP contribution in [-0.2, 0) is 11.3 Å². The van der Waals surface area contributed by atoms with Crippen molar-refractivity contribution >= 4 is 11.9 Å². The van der Waals surface area contributed by atoms with Crippen molar-refractivity contribution in [3.05, 3.63) is 35.6 Å². The molecule has 126 valence electrons. The van der Waals surface area contributed by atoms with Gasteiger partial charge in [-0.15, -0.1) is 0 Å². The number of aliphatic imine (C=N–C) groups is 1. The molecule has 1 fully saturated rings. The monoisotopic (exact) mass is 320 g/mol. The fourth-order valence-electron chi connectivity index (χ4n) is 2.70. The van der Waals surface area contributed by atoms with Gasteiger partial charge in [0.1, 0.15) is 5.82 Å². The Kier molecular flexibility index (Phi) is 6.84. The Morgan fingerprint density at radius 3 is 2.52 bits per heavy atom. The molecule has 0 atom stereocenters. The van der Waals surface area contributed by atoms with E-state index in [2.05, 4.69) is 20.9 Å². The van der Waals surface area contributed by atoms with Crippen LogP contribution in [0.1, 0.15) is 37.7 Å². The van der Waals surface area contributed by atoms with Gasteiger partial charge in [-0.2, -0.15) is 0 Å². The third-order valence-corrected chi connectivity index (χ3v) is 3.98. The van der Waals surface area contributed by atoms with Crippen LogP contribution in [0.15, 0.2) is 29.3 Å². The normalized spacial score (nSPS) is 16.0. The fourth-order valence-corrected chi connectivity index (χ4v) is 2.70. The molecule has 0 bridgehead atoms. The number of benzene rings is 1. The molecule has 23 heavy (non-hydrogen) atoms. The van der Waals surface area contributed by atoms with Crippen molar-refractivity contribution in [3.63, 3.8) is 0 Å². The first-order valence-electron chi connectivity index (χ1n) is 8.15. The number of nitrogens with zero attached hydrogens (tertiary/aromatic N) is 1. The van der Waals surface area contributed by atoms with Gasteiger partial charge in [0.2, 0.25) is 5.91 Å². The Hall–Kier alpha value is -2.11. The minimum atomic E-state index is -0.254. The molecule has 1 saturated carbocycles. The second-order valence-electron chi connectivity index (χ2n) is 5.81. The zero-order valence-corrected chi connectivity index (χ0v) is 13.6. The summed E-state index contributed by atoms with van der Waals surface area (Å²) < 4.78 is 12.9. The van der Waals surface area contributed by atoms with Crippen molar-refractivity contribution in [3.8, 4) is 0 Å². The maximum Gasteiger partial charge on any atom is 0.239 e. The van der Waals surface area contributed by atoms with E-state index in [1.807, 2.05) is 0 Å². The number of amides is 1.